The molecule has 3 nitrogen and oxygen atoms in total. The van der Waals surface area contributed by atoms with E-state index in [-0.39, 0.29) is 11.4 Å². The summed E-state index contributed by atoms with van der Waals surface area (Å²) >= 11 is 0. The molecule has 5 heteroatoms. The highest BCUT2D eigenvalue weighted by Crippen LogP contribution is 2.49. The predicted octanol–water partition coefficient (Wildman–Crippen LogP) is 4.75. The van der Waals surface area contributed by atoms with Crippen molar-refractivity contribution in [3.63, 3.8) is 0 Å². The Hall–Kier alpha value is -0.780. The topological polar surface area (TPSA) is 40.4 Å². The van der Waals surface area contributed by atoms with Gasteiger partial charge in [0.25, 0.3) is 0 Å². The van der Waals surface area contributed by atoms with Gasteiger partial charge in [-0.2, -0.15) is 0 Å². The monoisotopic (exact) mass is 326 g/mol. The number of rotatable bonds is 6. The fourth-order valence-corrected chi connectivity index (χ4v) is 3.13. The van der Waals surface area contributed by atoms with Gasteiger partial charge in [-0.3, -0.25) is 4.21 Å². The van der Waals surface area contributed by atoms with Gasteiger partial charge in [0, 0.05) is 11.4 Å². The normalized spacial score (nSPS) is 19.7. The van der Waals surface area contributed by atoms with Crippen molar-refractivity contribution in [2.75, 3.05) is 6.61 Å². The average molecular weight is 326 g/mol. The van der Waals surface area contributed by atoms with Crippen LogP contribution in [-0.4, -0.2) is 15.6 Å². The summed E-state index contributed by atoms with van der Waals surface area (Å²) in [6.45, 7) is 9.93. The molecule has 0 amide bonds. The van der Waals surface area contributed by atoms with Gasteiger partial charge >= 0.3 is 0 Å². The van der Waals surface area contributed by atoms with Crippen LogP contribution in [0.25, 0.3) is 4.72 Å². The molecule has 0 bridgehead atoms. The third-order valence-corrected chi connectivity index (χ3v) is 5.43. The van der Waals surface area contributed by atoms with Crippen LogP contribution >= 0.6 is 0 Å². The Morgan fingerprint density at radius 1 is 1.41 bits per heavy atom. The summed E-state index contributed by atoms with van der Waals surface area (Å²) in [5, 5.41) is 0. The minimum atomic E-state index is -1.36. The first kappa shape index (κ1) is 17.6. The van der Waals surface area contributed by atoms with Gasteiger partial charge in [-0.1, -0.05) is 50.8 Å². The fraction of sp³-hybridized carbons (Fsp3) is 0.647. The Balaban J connectivity index is 2.15. The lowest BCUT2D eigenvalue weighted by Gasteiger charge is -2.35. The van der Waals surface area contributed by atoms with Crippen LogP contribution in [0.1, 0.15) is 64.6 Å². The molecule has 0 heterocycles. The number of nitrogens with zero attached hydrogens (tertiary/aromatic N) is 1. The molecule has 1 aromatic rings. The Morgan fingerprint density at radius 3 is 2.50 bits per heavy atom. The number of hydrogen-bond donors (Lipinski definition) is 0. The smallest absolute Gasteiger partial charge is 0.125 e. The van der Waals surface area contributed by atoms with Gasteiger partial charge < -0.3 is 9.46 Å². The highest BCUT2D eigenvalue weighted by molar-refractivity contribution is 7.89. The molecule has 0 radical (unpaired) electrons. The van der Waals surface area contributed by atoms with E-state index in [1.165, 1.54) is 0 Å². The number of halogens is 1. The largest absolute Gasteiger partial charge is 0.569 e. The second kappa shape index (κ2) is 6.38. The van der Waals surface area contributed by atoms with Gasteiger partial charge in [-0.15, -0.1) is 6.04 Å². The molecule has 1 aliphatic rings. The SMILES string of the molecule is CCOC1(c2ccc([C@H](C)[N-]S(=O)C(C)(C)C)c(F)c2)CC1. The summed E-state index contributed by atoms with van der Waals surface area (Å²) in [6, 6.07) is 4.77. The molecule has 22 heavy (non-hydrogen) atoms. The van der Waals surface area contributed by atoms with Crippen molar-refractivity contribution in [3.8, 4) is 0 Å². The fourth-order valence-electron chi connectivity index (χ4n) is 2.41. The molecule has 0 saturated heterocycles. The number of hydrogen-bond acceptors (Lipinski definition) is 2. The van der Waals surface area contributed by atoms with E-state index in [0.717, 1.165) is 18.4 Å². The van der Waals surface area contributed by atoms with Gasteiger partial charge in [0.05, 0.1) is 5.60 Å². The van der Waals surface area contributed by atoms with Gasteiger partial charge in [0.1, 0.15) is 5.82 Å². The van der Waals surface area contributed by atoms with E-state index < -0.39 is 21.8 Å². The first-order chi connectivity index (χ1) is 10.2. The zero-order valence-corrected chi connectivity index (χ0v) is 14.8. The molecule has 0 aromatic heterocycles. The molecular formula is C17H25FNO2S-. The van der Waals surface area contributed by atoms with Crippen molar-refractivity contribution in [3.05, 3.63) is 39.9 Å². The van der Waals surface area contributed by atoms with E-state index in [4.69, 9.17) is 4.74 Å². The van der Waals surface area contributed by atoms with Crippen molar-refractivity contribution < 1.29 is 13.3 Å². The van der Waals surface area contributed by atoms with Crippen molar-refractivity contribution >= 4 is 11.0 Å². The van der Waals surface area contributed by atoms with E-state index in [1.54, 1.807) is 19.1 Å². The van der Waals surface area contributed by atoms with E-state index in [2.05, 4.69) is 4.72 Å². The molecule has 1 aliphatic carbocycles. The van der Waals surface area contributed by atoms with E-state index in [9.17, 15) is 8.60 Å². The van der Waals surface area contributed by atoms with Crippen LogP contribution in [0.3, 0.4) is 0 Å². The maximum Gasteiger partial charge on any atom is 0.125 e. The minimum absolute atomic E-state index is 0.289. The third kappa shape index (κ3) is 3.76. The first-order valence-corrected chi connectivity index (χ1v) is 8.87. The summed E-state index contributed by atoms with van der Waals surface area (Å²) < 4.78 is 36.1. The van der Waals surface area contributed by atoms with E-state index in [1.807, 2.05) is 33.8 Å². The van der Waals surface area contributed by atoms with Gasteiger partial charge in [0.15, 0.2) is 0 Å². The lowest BCUT2D eigenvalue weighted by atomic mass is 10.0. The van der Waals surface area contributed by atoms with Crippen LogP contribution in [0.15, 0.2) is 18.2 Å². The predicted molar refractivity (Wildman–Crippen MR) is 88.6 cm³/mol. The Labute approximate surface area is 135 Å². The van der Waals surface area contributed by atoms with Crippen LogP contribution in [0.2, 0.25) is 0 Å². The summed E-state index contributed by atoms with van der Waals surface area (Å²) in [4.78, 5) is 0. The summed E-state index contributed by atoms with van der Waals surface area (Å²) in [6.07, 6.45) is 1.88. The average Bonchev–Trinajstić information content (AvgIpc) is 3.18. The van der Waals surface area contributed by atoms with Crippen molar-refractivity contribution in [2.24, 2.45) is 0 Å². The lowest BCUT2D eigenvalue weighted by Crippen LogP contribution is -2.21. The van der Waals surface area contributed by atoms with Crippen LogP contribution in [0.5, 0.6) is 0 Å². The first-order valence-electron chi connectivity index (χ1n) is 7.76. The van der Waals surface area contributed by atoms with E-state index >= 15 is 0 Å². The number of ether oxygens (including phenoxy) is 1. The molecule has 0 spiro atoms. The molecule has 1 unspecified atom stereocenters. The Bertz CT molecular complexity index is 564. The molecule has 1 saturated carbocycles. The minimum Gasteiger partial charge on any atom is -0.569 e. The molecule has 0 N–H and O–H groups in total. The lowest BCUT2D eigenvalue weighted by molar-refractivity contribution is 0.0393. The second-order valence-electron chi connectivity index (χ2n) is 6.81. The summed E-state index contributed by atoms with van der Waals surface area (Å²) in [5.41, 5.74) is 1.08. The number of benzene rings is 1. The van der Waals surface area contributed by atoms with Crippen LogP contribution in [0, 0.1) is 5.82 Å². The Morgan fingerprint density at radius 2 is 2.05 bits per heavy atom. The summed E-state index contributed by atoms with van der Waals surface area (Å²) in [5.74, 6) is -0.300. The maximum atomic E-state index is 14.4. The van der Waals surface area contributed by atoms with Crippen LogP contribution < -0.4 is 0 Å². The Kier molecular flexibility index (Phi) is 5.09. The van der Waals surface area contributed by atoms with Crippen molar-refractivity contribution in [1.29, 1.82) is 0 Å². The van der Waals surface area contributed by atoms with Gasteiger partial charge in [-0.25, -0.2) is 4.39 Å². The van der Waals surface area contributed by atoms with Crippen LogP contribution in [-0.2, 0) is 21.3 Å². The van der Waals surface area contributed by atoms with Crippen molar-refractivity contribution in [1.82, 2.24) is 0 Å². The quantitative estimate of drug-likeness (QED) is 0.757. The zero-order valence-electron chi connectivity index (χ0n) is 14.0. The molecular weight excluding hydrogens is 301 g/mol. The third-order valence-electron chi connectivity index (χ3n) is 3.88. The molecule has 0 aliphatic heterocycles. The van der Waals surface area contributed by atoms with Crippen molar-refractivity contribution in [2.45, 2.75) is 63.9 Å². The van der Waals surface area contributed by atoms with Crippen LogP contribution in [0.4, 0.5) is 4.39 Å². The van der Waals surface area contributed by atoms with Gasteiger partial charge in [-0.05, 0) is 37.0 Å². The second-order valence-corrected chi connectivity index (χ2v) is 8.74. The molecule has 2 rings (SSSR count). The summed E-state index contributed by atoms with van der Waals surface area (Å²) in [7, 11) is -1.36. The van der Waals surface area contributed by atoms with Gasteiger partial charge in [0.2, 0.25) is 0 Å². The highest BCUT2D eigenvalue weighted by Gasteiger charge is 2.45. The van der Waals surface area contributed by atoms with E-state index in [0.29, 0.717) is 12.2 Å². The molecule has 124 valence electrons. The maximum absolute atomic E-state index is 14.4. The highest BCUT2D eigenvalue weighted by atomic mass is 32.2. The standard InChI is InChI=1S/C17H25FNO2S/c1-6-21-17(9-10-17)13-7-8-14(15(18)11-13)12(2)19-22(20)16(3,4)5/h7-8,11-12H,6,9-10H2,1-5H3/q-1/t12-,22?/m0/s1. The zero-order chi connectivity index (χ0) is 16.5. The molecule has 2 atom stereocenters. The molecule has 1 aromatic carbocycles. The molecule has 1 fully saturated rings.